The van der Waals surface area contributed by atoms with E-state index in [4.69, 9.17) is 21.4 Å². The third-order valence-electron chi connectivity index (χ3n) is 3.02. The van der Waals surface area contributed by atoms with Gasteiger partial charge < -0.3 is 15.2 Å². The molecule has 0 aromatic heterocycles. The lowest BCUT2D eigenvalue weighted by atomic mass is 10.1. The van der Waals surface area contributed by atoms with Crippen LogP contribution in [0.2, 0.25) is 5.02 Å². The van der Waals surface area contributed by atoms with E-state index in [2.05, 4.69) is 5.32 Å². The molecular formula is C17H14ClNO4. The molecule has 0 bridgehead atoms. The van der Waals surface area contributed by atoms with Crippen molar-refractivity contribution < 1.29 is 19.4 Å². The number of nitrogens with one attached hydrogen (secondary N) is 1. The van der Waals surface area contributed by atoms with Crippen molar-refractivity contribution in [3.05, 3.63) is 64.7 Å². The lowest BCUT2D eigenvalue weighted by Crippen LogP contribution is -2.11. The molecule has 6 heteroatoms. The van der Waals surface area contributed by atoms with Crippen molar-refractivity contribution in [3.63, 3.8) is 0 Å². The Labute approximate surface area is 138 Å². The third-order valence-corrected chi connectivity index (χ3v) is 3.26. The summed E-state index contributed by atoms with van der Waals surface area (Å²) in [6, 6.07) is 11.2. The molecule has 0 aliphatic heterocycles. The smallest absolute Gasteiger partial charge is 0.337 e. The second-order valence-corrected chi connectivity index (χ2v) is 5.00. The lowest BCUT2D eigenvalue weighted by molar-refractivity contribution is -0.111. The molecule has 2 rings (SSSR count). The summed E-state index contributed by atoms with van der Waals surface area (Å²) in [6.45, 7) is 0. The van der Waals surface area contributed by atoms with Gasteiger partial charge >= 0.3 is 5.97 Å². The predicted molar refractivity (Wildman–Crippen MR) is 89.1 cm³/mol. The van der Waals surface area contributed by atoms with E-state index in [1.807, 2.05) is 0 Å². The number of rotatable bonds is 5. The summed E-state index contributed by atoms with van der Waals surface area (Å²) in [5.74, 6) is -0.994. The van der Waals surface area contributed by atoms with Gasteiger partial charge in [0.05, 0.1) is 18.4 Å². The van der Waals surface area contributed by atoms with Crippen LogP contribution in [0.4, 0.5) is 5.69 Å². The van der Waals surface area contributed by atoms with Crippen LogP contribution < -0.4 is 10.1 Å². The number of carboxylic acid groups (broad SMARTS) is 1. The molecule has 5 nitrogen and oxygen atoms in total. The average molecular weight is 332 g/mol. The summed E-state index contributed by atoms with van der Waals surface area (Å²) in [4.78, 5) is 23.1. The average Bonchev–Trinajstić information content (AvgIpc) is 2.53. The van der Waals surface area contributed by atoms with Crippen molar-refractivity contribution in [3.8, 4) is 5.75 Å². The van der Waals surface area contributed by atoms with Crippen LogP contribution in [0.15, 0.2) is 48.5 Å². The van der Waals surface area contributed by atoms with Gasteiger partial charge in [0.2, 0.25) is 5.91 Å². The van der Waals surface area contributed by atoms with Gasteiger partial charge in [0.15, 0.2) is 0 Å². The molecule has 0 saturated heterocycles. The number of amides is 1. The van der Waals surface area contributed by atoms with Crippen LogP contribution in [0.25, 0.3) is 6.08 Å². The SMILES string of the molecule is COc1ccc(Cl)cc1C=CC(=O)Nc1ccccc1C(=O)O. The first kappa shape index (κ1) is 16.6. The van der Waals surface area contributed by atoms with E-state index in [0.717, 1.165) is 0 Å². The van der Waals surface area contributed by atoms with Gasteiger partial charge in [-0.2, -0.15) is 0 Å². The molecule has 118 valence electrons. The molecule has 0 aliphatic rings. The van der Waals surface area contributed by atoms with E-state index in [1.165, 1.54) is 25.3 Å². The fraction of sp³-hybridized carbons (Fsp3) is 0.0588. The highest BCUT2D eigenvalue weighted by Gasteiger charge is 2.10. The van der Waals surface area contributed by atoms with Gasteiger partial charge in [0.25, 0.3) is 0 Å². The highest BCUT2D eigenvalue weighted by atomic mass is 35.5. The fourth-order valence-corrected chi connectivity index (χ4v) is 2.13. The third kappa shape index (κ3) is 4.34. The molecule has 0 unspecified atom stereocenters. The van der Waals surface area contributed by atoms with Crippen molar-refractivity contribution in [1.29, 1.82) is 0 Å². The summed E-state index contributed by atoms with van der Waals surface area (Å²) >= 11 is 5.92. The van der Waals surface area contributed by atoms with Gasteiger partial charge in [-0.1, -0.05) is 23.7 Å². The molecule has 0 fully saturated rings. The highest BCUT2D eigenvalue weighted by Crippen LogP contribution is 2.24. The molecule has 0 spiro atoms. The maximum Gasteiger partial charge on any atom is 0.337 e. The number of para-hydroxylation sites is 1. The van der Waals surface area contributed by atoms with Gasteiger partial charge in [-0.3, -0.25) is 4.79 Å². The summed E-state index contributed by atoms with van der Waals surface area (Å²) < 4.78 is 5.18. The number of halogens is 1. The molecule has 23 heavy (non-hydrogen) atoms. The van der Waals surface area contributed by atoms with E-state index < -0.39 is 11.9 Å². The number of ether oxygens (including phenoxy) is 1. The molecule has 2 aromatic rings. The minimum Gasteiger partial charge on any atom is -0.496 e. The van der Waals surface area contributed by atoms with Gasteiger partial charge in [-0.25, -0.2) is 4.79 Å². The van der Waals surface area contributed by atoms with Crippen LogP contribution in [0.1, 0.15) is 15.9 Å². The number of benzene rings is 2. The predicted octanol–water partition coefficient (Wildman–Crippen LogP) is 3.70. The Morgan fingerprint density at radius 2 is 1.96 bits per heavy atom. The highest BCUT2D eigenvalue weighted by molar-refractivity contribution is 6.30. The molecule has 0 aliphatic carbocycles. The Kier molecular flexibility index (Phi) is 5.38. The first-order valence-electron chi connectivity index (χ1n) is 6.66. The number of carboxylic acids is 1. The van der Waals surface area contributed by atoms with E-state index in [9.17, 15) is 9.59 Å². The molecule has 2 N–H and O–H groups in total. The summed E-state index contributed by atoms with van der Waals surface area (Å²) in [6.07, 6.45) is 2.83. The summed E-state index contributed by atoms with van der Waals surface area (Å²) in [5, 5.41) is 12.1. The number of anilines is 1. The van der Waals surface area contributed by atoms with Crippen molar-refractivity contribution >= 4 is 35.2 Å². The van der Waals surface area contributed by atoms with Gasteiger partial charge in [0, 0.05) is 16.7 Å². The Morgan fingerprint density at radius 3 is 2.65 bits per heavy atom. The van der Waals surface area contributed by atoms with Crippen molar-refractivity contribution in [2.75, 3.05) is 12.4 Å². The van der Waals surface area contributed by atoms with Crippen LogP contribution >= 0.6 is 11.6 Å². The second kappa shape index (κ2) is 7.47. The summed E-state index contributed by atoms with van der Waals surface area (Å²) in [5.41, 5.74) is 0.893. The first-order chi connectivity index (χ1) is 11.0. The number of carbonyl (C=O) groups is 2. The Hall–Kier alpha value is -2.79. The Balaban J connectivity index is 2.17. The van der Waals surface area contributed by atoms with Gasteiger partial charge in [-0.15, -0.1) is 0 Å². The monoisotopic (exact) mass is 331 g/mol. The van der Waals surface area contributed by atoms with E-state index in [-0.39, 0.29) is 11.3 Å². The molecule has 2 aromatic carbocycles. The quantitative estimate of drug-likeness (QED) is 0.819. The number of carbonyl (C=O) groups excluding carboxylic acids is 1. The Bertz CT molecular complexity index is 771. The number of methoxy groups -OCH3 is 1. The lowest BCUT2D eigenvalue weighted by Gasteiger charge is -2.07. The van der Waals surface area contributed by atoms with Crippen LogP contribution in [0.3, 0.4) is 0 Å². The normalized spacial score (nSPS) is 10.5. The van der Waals surface area contributed by atoms with E-state index >= 15 is 0 Å². The number of aromatic carboxylic acids is 1. The molecule has 1 amide bonds. The standard InChI is InChI=1S/C17H14ClNO4/c1-23-15-8-7-12(18)10-11(15)6-9-16(20)19-14-5-3-2-4-13(14)17(21)22/h2-10H,1H3,(H,19,20)(H,21,22). The van der Waals surface area contributed by atoms with E-state index in [1.54, 1.807) is 36.4 Å². The van der Waals surface area contributed by atoms with Crippen molar-refractivity contribution in [1.82, 2.24) is 0 Å². The van der Waals surface area contributed by atoms with Crippen LogP contribution in [-0.2, 0) is 4.79 Å². The van der Waals surface area contributed by atoms with Crippen LogP contribution in [0.5, 0.6) is 5.75 Å². The molecule has 0 atom stereocenters. The van der Waals surface area contributed by atoms with Gasteiger partial charge in [-0.05, 0) is 36.4 Å². The molecule has 0 radical (unpaired) electrons. The number of hydrogen-bond donors (Lipinski definition) is 2. The molecular weight excluding hydrogens is 318 g/mol. The maximum atomic E-state index is 12.0. The molecule has 0 heterocycles. The first-order valence-corrected chi connectivity index (χ1v) is 7.04. The Morgan fingerprint density at radius 1 is 1.22 bits per heavy atom. The second-order valence-electron chi connectivity index (χ2n) is 4.56. The fourth-order valence-electron chi connectivity index (χ4n) is 1.95. The van der Waals surface area contributed by atoms with Gasteiger partial charge in [0.1, 0.15) is 5.75 Å². The van der Waals surface area contributed by atoms with Crippen molar-refractivity contribution in [2.24, 2.45) is 0 Å². The zero-order valence-corrected chi connectivity index (χ0v) is 13.0. The zero-order valence-electron chi connectivity index (χ0n) is 12.2. The van der Waals surface area contributed by atoms with Crippen LogP contribution in [0, 0.1) is 0 Å². The summed E-state index contributed by atoms with van der Waals surface area (Å²) in [7, 11) is 1.52. The largest absolute Gasteiger partial charge is 0.496 e. The van der Waals surface area contributed by atoms with E-state index in [0.29, 0.717) is 16.3 Å². The molecule has 0 saturated carbocycles. The zero-order chi connectivity index (χ0) is 16.8. The topological polar surface area (TPSA) is 75.6 Å². The minimum atomic E-state index is -1.11. The van der Waals surface area contributed by atoms with Crippen LogP contribution in [-0.4, -0.2) is 24.1 Å². The maximum absolute atomic E-state index is 12.0. The van der Waals surface area contributed by atoms with Crippen molar-refractivity contribution in [2.45, 2.75) is 0 Å². The number of hydrogen-bond acceptors (Lipinski definition) is 3. The minimum absolute atomic E-state index is 0.0228.